The Labute approximate surface area is 128 Å². The van der Waals surface area contributed by atoms with E-state index in [1.54, 1.807) is 0 Å². The van der Waals surface area contributed by atoms with Gasteiger partial charge in [-0.25, -0.2) is 0 Å². The van der Waals surface area contributed by atoms with Crippen LogP contribution >= 0.6 is 0 Å². The molecule has 0 heterocycles. The molecule has 1 unspecified atom stereocenters. The maximum Gasteiger partial charge on any atom is -0.0207 e. The van der Waals surface area contributed by atoms with E-state index < -0.39 is 0 Å². The Kier molecular flexibility index (Phi) is 7.45. The lowest BCUT2D eigenvalue weighted by Crippen LogP contribution is -2.25. The van der Waals surface area contributed by atoms with Crippen LogP contribution in [0.25, 0.3) is 0 Å². The SMILES string of the molecule is CCCCCC1CCC([C]2CCCC(CCC)C2)CC1. The minimum absolute atomic E-state index is 1.03. The van der Waals surface area contributed by atoms with Crippen molar-refractivity contribution in [2.45, 2.75) is 104 Å². The standard InChI is InChI=1S/C20H37/c1-3-5-6-9-17-12-14-19(15-13-17)20-11-7-10-18(16-20)8-4-2/h17-19H,3-16H2,1-2H3. The highest BCUT2D eigenvalue weighted by molar-refractivity contribution is 5.02. The maximum atomic E-state index is 2.36. The average Bonchev–Trinajstić information content (AvgIpc) is 2.49. The highest BCUT2D eigenvalue weighted by Gasteiger charge is 2.31. The van der Waals surface area contributed by atoms with Gasteiger partial charge in [-0.05, 0) is 49.4 Å². The molecule has 0 heteroatoms. The van der Waals surface area contributed by atoms with Gasteiger partial charge >= 0.3 is 0 Å². The molecule has 2 aliphatic carbocycles. The predicted octanol–water partition coefficient (Wildman–Crippen LogP) is 6.94. The van der Waals surface area contributed by atoms with E-state index in [2.05, 4.69) is 13.8 Å². The molecule has 117 valence electrons. The van der Waals surface area contributed by atoms with Crippen LogP contribution in [0.5, 0.6) is 0 Å². The predicted molar refractivity (Wildman–Crippen MR) is 89.7 cm³/mol. The molecule has 1 radical (unpaired) electrons. The summed E-state index contributed by atoms with van der Waals surface area (Å²) in [6.45, 7) is 4.68. The molecule has 0 aromatic heterocycles. The first kappa shape index (κ1) is 16.4. The summed E-state index contributed by atoms with van der Waals surface area (Å²) in [5.41, 5.74) is 0. The summed E-state index contributed by atoms with van der Waals surface area (Å²) < 4.78 is 0. The van der Waals surface area contributed by atoms with Gasteiger partial charge < -0.3 is 0 Å². The molecule has 2 rings (SSSR count). The molecule has 2 aliphatic rings. The molecule has 2 fully saturated rings. The molecule has 0 aliphatic heterocycles. The van der Waals surface area contributed by atoms with E-state index in [-0.39, 0.29) is 0 Å². The van der Waals surface area contributed by atoms with Crippen LogP contribution in [0.4, 0.5) is 0 Å². The fourth-order valence-electron chi connectivity index (χ4n) is 4.76. The average molecular weight is 278 g/mol. The Balaban J connectivity index is 1.67. The topological polar surface area (TPSA) is 0 Å². The van der Waals surface area contributed by atoms with Crippen LogP contribution in [0.2, 0.25) is 0 Å². The van der Waals surface area contributed by atoms with Crippen molar-refractivity contribution in [1.82, 2.24) is 0 Å². The molecule has 2 saturated carbocycles. The number of hydrogen-bond donors (Lipinski definition) is 0. The minimum atomic E-state index is 1.03. The Morgan fingerprint density at radius 3 is 2.30 bits per heavy atom. The van der Waals surface area contributed by atoms with Crippen molar-refractivity contribution in [3.63, 3.8) is 0 Å². The summed E-state index contributed by atoms with van der Waals surface area (Å²) in [4.78, 5) is 0. The lowest BCUT2D eigenvalue weighted by atomic mass is 9.67. The Morgan fingerprint density at radius 2 is 1.60 bits per heavy atom. The summed E-state index contributed by atoms with van der Waals surface area (Å²) in [5.74, 6) is 5.14. The second-order valence-corrected chi connectivity index (χ2v) is 7.62. The Hall–Kier alpha value is 0. The van der Waals surface area contributed by atoms with Gasteiger partial charge in [0, 0.05) is 0 Å². The van der Waals surface area contributed by atoms with Crippen molar-refractivity contribution < 1.29 is 0 Å². The normalized spacial score (nSPS) is 32.4. The van der Waals surface area contributed by atoms with Crippen LogP contribution in [0.1, 0.15) is 104 Å². The van der Waals surface area contributed by atoms with E-state index in [4.69, 9.17) is 0 Å². The zero-order chi connectivity index (χ0) is 14.2. The van der Waals surface area contributed by atoms with Crippen molar-refractivity contribution >= 4 is 0 Å². The molecule has 0 nitrogen and oxygen atoms in total. The zero-order valence-corrected chi connectivity index (χ0v) is 14.1. The minimum Gasteiger partial charge on any atom is -0.0654 e. The number of rotatable bonds is 7. The van der Waals surface area contributed by atoms with E-state index in [1.165, 1.54) is 89.9 Å². The van der Waals surface area contributed by atoms with Gasteiger partial charge in [-0.1, -0.05) is 78.1 Å². The van der Waals surface area contributed by atoms with Gasteiger partial charge in [-0.15, -0.1) is 0 Å². The fourth-order valence-corrected chi connectivity index (χ4v) is 4.76. The van der Waals surface area contributed by atoms with E-state index in [9.17, 15) is 0 Å². The first-order chi connectivity index (χ1) is 9.83. The van der Waals surface area contributed by atoms with Crippen molar-refractivity contribution in [2.75, 3.05) is 0 Å². The van der Waals surface area contributed by atoms with Gasteiger partial charge in [-0.2, -0.15) is 0 Å². The number of hydrogen-bond acceptors (Lipinski definition) is 0. The third-order valence-corrected chi connectivity index (χ3v) is 6.00. The summed E-state index contributed by atoms with van der Waals surface area (Å²) in [6, 6.07) is 0. The first-order valence-corrected chi connectivity index (χ1v) is 9.68. The molecule has 0 amide bonds. The fraction of sp³-hybridized carbons (Fsp3) is 0.950. The van der Waals surface area contributed by atoms with Crippen molar-refractivity contribution in [1.29, 1.82) is 0 Å². The second kappa shape index (κ2) is 9.11. The summed E-state index contributed by atoms with van der Waals surface area (Å²) in [6.07, 6.45) is 20.8. The van der Waals surface area contributed by atoms with Crippen LogP contribution in [-0.2, 0) is 0 Å². The molecule has 0 N–H and O–H groups in total. The van der Waals surface area contributed by atoms with Gasteiger partial charge in [0.1, 0.15) is 0 Å². The van der Waals surface area contributed by atoms with Crippen molar-refractivity contribution in [3.05, 3.63) is 5.92 Å². The van der Waals surface area contributed by atoms with E-state index in [0.717, 1.165) is 17.8 Å². The van der Waals surface area contributed by atoms with Crippen molar-refractivity contribution in [2.24, 2.45) is 17.8 Å². The Morgan fingerprint density at radius 1 is 0.800 bits per heavy atom. The largest absolute Gasteiger partial charge is 0.0654 e. The third-order valence-electron chi connectivity index (χ3n) is 6.00. The molecule has 0 aromatic rings. The smallest absolute Gasteiger partial charge is 0.0207 e. The van der Waals surface area contributed by atoms with Crippen LogP contribution in [-0.4, -0.2) is 0 Å². The molecule has 0 saturated heterocycles. The van der Waals surface area contributed by atoms with Crippen LogP contribution in [0.3, 0.4) is 0 Å². The highest BCUT2D eigenvalue weighted by atomic mass is 14.4. The van der Waals surface area contributed by atoms with Crippen LogP contribution in [0.15, 0.2) is 0 Å². The van der Waals surface area contributed by atoms with Gasteiger partial charge in [0.15, 0.2) is 0 Å². The van der Waals surface area contributed by atoms with Crippen LogP contribution < -0.4 is 0 Å². The summed E-state index contributed by atoms with van der Waals surface area (Å²) >= 11 is 0. The molecule has 1 atom stereocenters. The quantitative estimate of drug-likeness (QED) is 0.442. The van der Waals surface area contributed by atoms with Gasteiger partial charge in [-0.3, -0.25) is 0 Å². The zero-order valence-electron chi connectivity index (χ0n) is 14.1. The summed E-state index contributed by atoms with van der Waals surface area (Å²) in [5, 5.41) is 0. The summed E-state index contributed by atoms with van der Waals surface area (Å²) in [7, 11) is 0. The third kappa shape index (κ3) is 5.08. The van der Waals surface area contributed by atoms with Crippen LogP contribution in [0, 0.1) is 23.7 Å². The molecule has 0 bridgehead atoms. The lowest BCUT2D eigenvalue weighted by molar-refractivity contribution is 0.227. The first-order valence-electron chi connectivity index (χ1n) is 9.68. The Bertz CT molecular complexity index is 234. The highest BCUT2D eigenvalue weighted by Crippen LogP contribution is 2.44. The van der Waals surface area contributed by atoms with Gasteiger partial charge in [0.05, 0.1) is 0 Å². The van der Waals surface area contributed by atoms with Gasteiger partial charge in [0.25, 0.3) is 0 Å². The monoisotopic (exact) mass is 277 g/mol. The van der Waals surface area contributed by atoms with Gasteiger partial charge in [0.2, 0.25) is 0 Å². The molecule has 20 heavy (non-hydrogen) atoms. The van der Waals surface area contributed by atoms with E-state index in [1.807, 2.05) is 5.92 Å². The maximum absolute atomic E-state index is 2.36. The number of unbranched alkanes of at least 4 members (excludes halogenated alkanes) is 2. The molecule has 0 spiro atoms. The second-order valence-electron chi connectivity index (χ2n) is 7.62. The molecular weight excluding hydrogens is 240 g/mol. The van der Waals surface area contributed by atoms with E-state index in [0.29, 0.717) is 0 Å². The van der Waals surface area contributed by atoms with Crippen molar-refractivity contribution in [3.8, 4) is 0 Å². The lowest BCUT2D eigenvalue weighted by Gasteiger charge is -2.38. The molecular formula is C20H37. The van der Waals surface area contributed by atoms with E-state index >= 15 is 0 Å². The molecule has 0 aromatic carbocycles.